The molecule has 2 aromatic heterocycles. The van der Waals surface area contributed by atoms with Crippen LogP contribution in [0, 0.1) is 23.5 Å². The average molecular weight is 564 g/mol. The molecule has 2 bridgehead atoms. The lowest BCUT2D eigenvalue weighted by Gasteiger charge is -2.46. The number of sulfone groups is 1. The van der Waals surface area contributed by atoms with Crippen LogP contribution in [0.3, 0.4) is 0 Å². The van der Waals surface area contributed by atoms with E-state index in [0.717, 1.165) is 6.07 Å². The summed E-state index contributed by atoms with van der Waals surface area (Å²) in [5, 5.41) is 2.70. The molecule has 0 amide bonds. The van der Waals surface area contributed by atoms with Crippen LogP contribution in [-0.4, -0.2) is 61.0 Å². The van der Waals surface area contributed by atoms with Gasteiger partial charge in [-0.25, -0.2) is 27.8 Å². The summed E-state index contributed by atoms with van der Waals surface area (Å²) in [5.74, 6) is -1.39. The highest BCUT2D eigenvalue weighted by molar-refractivity contribution is 7.92. The van der Waals surface area contributed by atoms with Gasteiger partial charge in [0.1, 0.15) is 11.9 Å². The quantitative estimate of drug-likeness (QED) is 0.456. The van der Waals surface area contributed by atoms with Gasteiger partial charge in [-0.15, -0.1) is 0 Å². The van der Waals surface area contributed by atoms with Crippen molar-refractivity contribution in [1.29, 1.82) is 0 Å². The molecule has 2 unspecified atom stereocenters. The van der Waals surface area contributed by atoms with Gasteiger partial charge in [-0.3, -0.25) is 0 Å². The minimum absolute atomic E-state index is 0.0416. The lowest BCUT2D eigenvalue weighted by Crippen LogP contribution is -2.58. The smallest absolute Gasteiger partial charge is 0.252 e. The van der Waals surface area contributed by atoms with E-state index in [9.17, 15) is 12.8 Å². The van der Waals surface area contributed by atoms with Gasteiger partial charge in [-0.1, -0.05) is 11.6 Å². The number of aromatic nitrogens is 3. The number of fused-ring (bicyclic) bond motifs is 2. The fraction of sp³-hybridized carbons (Fsp3) is 0.400. The van der Waals surface area contributed by atoms with Crippen molar-refractivity contribution in [3.63, 3.8) is 0 Å². The van der Waals surface area contributed by atoms with Crippen LogP contribution >= 0.6 is 11.6 Å². The van der Waals surface area contributed by atoms with Crippen molar-refractivity contribution in [3.05, 3.63) is 59.5 Å². The molecule has 9 nitrogen and oxygen atoms in total. The third-order valence-electron chi connectivity index (χ3n) is 7.00. The molecule has 200 valence electrons. The molecule has 1 aromatic carbocycles. The number of piperidine rings is 1. The van der Waals surface area contributed by atoms with E-state index >= 15 is 4.39 Å². The molecule has 2 aliphatic heterocycles. The zero-order chi connectivity index (χ0) is 26.4. The largest absolute Gasteiger partial charge is 0.471 e. The molecule has 4 heterocycles. The number of ether oxygens (including phenoxy) is 2. The molecule has 13 heteroatoms. The van der Waals surface area contributed by atoms with Crippen molar-refractivity contribution < 1.29 is 26.7 Å². The summed E-state index contributed by atoms with van der Waals surface area (Å²) in [4.78, 5) is 14.6. The topological polar surface area (TPSA) is 107 Å². The molecular formula is C25H24ClF2N5O4S. The summed E-state index contributed by atoms with van der Waals surface area (Å²) in [5.41, 5.74) is -0.0996. The Bertz CT molecular complexity index is 1440. The van der Waals surface area contributed by atoms with Crippen LogP contribution in [0.1, 0.15) is 12.8 Å². The van der Waals surface area contributed by atoms with Crippen molar-refractivity contribution >= 4 is 38.8 Å². The van der Waals surface area contributed by atoms with E-state index < -0.39 is 26.7 Å². The Morgan fingerprint density at radius 2 is 1.74 bits per heavy atom. The first-order chi connectivity index (χ1) is 18.3. The number of pyridine rings is 1. The molecular weight excluding hydrogens is 540 g/mol. The Morgan fingerprint density at radius 3 is 2.39 bits per heavy atom. The summed E-state index contributed by atoms with van der Waals surface area (Å²) < 4.78 is 66.8. The fourth-order valence-corrected chi connectivity index (χ4v) is 6.71. The van der Waals surface area contributed by atoms with E-state index in [1.54, 1.807) is 12.4 Å². The predicted molar refractivity (Wildman–Crippen MR) is 136 cm³/mol. The highest BCUT2D eigenvalue weighted by Crippen LogP contribution is 2.36. The lowest BCUT2D eigenvalue weighted by atomic mass is 9.84. The van der Waals surface area contributed by atoms with Crippen LogP contribution in [-0.2, 0) is 14.6 Å². The first kappa shape index (κ1) is 25.2. The van der Waals surface area contributed by atoms with Crippen LogP contribution in [0.15, 0.2) is 47.8 Å². The number of nitrogens with one attached hydrogen (secondary N) is 1. The monoisotopic (exact) mass is 563 g/mol. The molecule has 0 radical (unpaired) electrons. The van der Waals surface area contributed by atoms with Crippen molar-refractivity contribution in [2.24, 2.45) is 11.8 Å². The number of hydrogen-bond donors (Lipinski definition) is 1. The zero-order valence-corrected chi connectivity index (χ0v) is 21.6. The Balaban J connectivity index is 1.18. The number of rotatable bonds is 7. The first-order valence-electron chi connectivity index (χ1n) is 12.2. The molecule has 38 heavy (non-hydrogen) atoms. The van der Waals surface area contributed by atoms with Gasteiger partial charge in [0.2, 0.25) is 11.8 Å². The van der Waals surface area contributed by atoms with E-state index in [4.69, 9.17) is 21.1 Å². The molecule has 2 saturated heterocycles. The van der Waals surface area contributed by atoms with Crippen molar-refractivity contribution in [3.8, 4) is 5.88 Å². The Morgan fingerprint density at radius 1 is 1.03 bits per heavy atom. The molecule has 1 N–H and O–H groups in total. The number of benzene rings is 1. The second-order valence-corrected chi connectivity index (χ2v) is 12.4. The zero-order valence-electron chi connectivity index (χ0n) is 20.1. The standard InChI is InChI=1S/C25H24ClF2N5O4S/c26-16-8-30-25(31-9-16)33-10-14-12-36-13-15(11-33)23(14)37-24-22(28)21(5-6-29-24)32-20-4-3-18(7-19(20)27)38(34,35)17-1-2-17/h3-9,14-15,17,23H,1-2,10-13H2,(H,29,32). The SMILES string of the molecule is O=S(=O)(c1ccc(Nc2ccnc(OC3C4COCC3CN(c3ncc(Cl)cn3)C4)c2F)c(F)c1)C1CC1. The van der Waals surface area contributed by atoms with Crippen molar-refractivity contribution in [1.82, 2.24) is 15.0 Å². The molecule has 0 spiro atoms. The minimum Gasteiger partial charge on any atom is -0.471 e. The molecule has 3 aromatic rings. The maximum absolute atomic E-state index is 15.4. The van der Waals surface area contributed by atoms with Gasteiger partial charge in [0.25, 0.3) is 5.88 Å². The molecule has 2 atom stereocenters. The van der Waals surface area contributed by atoms with Crippen LogP contribution in [0.2, 0.25) is 5.02 Å². The van der Waals surface area contributed by atoms with Crippen LogP contribution in [0.4, 0.5) is 26.1 Å². The summed E-state index contributed by atoms with van der Waals surface area (Å²) in [6.45, 7) is 1.94. The Hall–Kier alpha value is -3.09. The van der Waals surface area contributed by atoms with E-state index in [0.29, 0.717) is 50.1 Å². The number of nitrogens with zero attached hydrogens (tertiary/aromatic N) is 4. The number of halogens is 3. The molecule has 1 aliphatic carbocycles. The third kappa shape index (κ3) is 4.87. The van der Waals surface area contributed by atoms with E-state index in [1.165, 1.54) is 24.4 Å². The average Bonchev–Trinajstić information content (AvgIpc) is 3.74. The first-order valence-corrected chi connectivity index (χ1v) is 14.1. The fourth-order valence-electron chi connectivity index (χ4n) is 4.95. The highest BCUT2D eigenvalue weighted by atomic mass is 35.5. The maximum Gasteiger partial charge on any atom is 0.252 e. The lowest BCUT2D eigenvalue weighted by molar-refractivity contribution is -0.0780. The molecule has 6 rings (SSSR count). The Kier molecular flexibility index (Phi) is 6.57. The van der Waals surface area contributed by atoms with Gasteiger partial charge < -0.3 is 19.7 Å². The normalized spacial score (nSPS) is 23.2. The van der Waals surface area contributed by atoms with Gasteiger partial charge in [-0.05, 0) is 37.1 Å². The summed E-state index contributed by atoms with van der Waals surface area (Å²) in [7, 11) is -3.54. The van der Waals surface area contributed by atoms with E-state index in [1.807, 2.05) is 4.90 Å². The second kappa shape index (κ2) is 9.90. The van der Waals surface area contributed by atoms with Crippen LogP contribution in [0.25, 0.3) is 0 Å². The molecule has 1 saturated carbocycles. The van der Waals surface area contributed by atoms with E-state index in [2.05, 4.69) is 20.3 Å². The summed E-state index contributed by atoms with van der Waals surface area (Å²) in [6, 6.07) is 4.95. The van der Waals surface area contributed by atoms with Crippen LogP contribution < -0.4 is 15.0 Å². The van der Waals surface area contributed by atoms with Gasteiger partial charge >= 0.3 is 0 Å². The number of hydrogen-bond acceptors (Lipinski definition) is 9. The van der Waals surface area contributed by atoms with Crippen LogP contribution in [0.5, 0.6) is 5.88 Å². The Labute approximate surface area is 223 Å². The van der Waals surface area contributed by atoms with E-state index in [-0.39, 0.29) is 40.1 Å². The van der Waals surface area contributed by atoms with Gasteiger partial charge in [0, 0.05) is 31.1 Å². The minimum atomic E-state index is -3.54. The molecule has 3 fully saturated rings. The van der Waals surface area contributed by atoms with Crippen molar-refractivity contribution in [2.45, 2.75) is 29.1 Å². The van der Waals surface area contributed by atoms with Gasteiger partial charge in [-0.2, -0.15) is 4.39 Å². The maximum atomic E-state index is 15.4. The van der Waals surface area contributed by atoms with Gasteiger partial charge in [0.15, 0.2) is 9.84 Å². The second-order valence-electron chi connectivity index (χ2n) is 9.74. The van der Waals surface area contributed by atoms with Gasteiger partial charge in [0.05, 0.1) is 52.2 Å². The summed E-state index contributed by atoms with van der Waals surface area (Å²) >= 11 is 5.91. The van der Waals surface area contributed by atoms with Crippen molar-refractivity contribution in [2.75, 3.05) is 36.5 Å². The number of anilines is 3. The third-order valence-corrected chi connectivity index (χ3v) is 9.45. The molecule has 3 aliphatic rings. The highest BCUT2D eigenvalue weighted by Gasteiger charge is 2.43. The predicted octanol–water partition coefficient (Wildman–Crippen LogP) is 4.01. The summed E-state index contributed by atoms with van der Waals surface area (Å²) in [6.07, 6.45) is 5.26.